The van der Waals surface area contributed by atoms with Gasteiger partial charge in [-0.15, -0.1) is 0 Å². The fourth-order valence-electron chi connectivity index (χ4n) is 5.61. The SMILES string of the molecule is CCOC(=O)C1CC2(CCN(C(=O)c3ccc(-c4ccccc4)nc3)CC2)CN1C(=O)c1c(F)ccc(Cl)c1F. The summed E-state index contributed by atoms with van der Waals surface area (Å²) in [4.78, 5) is 46.8. The van der Waals surface area contributed by atoms with Crippen LogP contribution in [0.25, 0.3) is 11.3 Å². The van der Waals surface area contributed by atoms with Crippen molar-refractivity contribution >= 4 is 29.4 Å². The first-order valence-electron chi connectivity index (χ1n) is 13.1. The van der Waals surface area contributed by atoms with Crippen LogP contribution in [0.15, 0.2) is 60.8 Å². The van der Waals surface area contributed by atoms with E-state index < -0.39 is 40.5 Å². The molecule has 1 aromatic heterocycles. The number of likely N-dealkylation sites (tertiary alicyclic amines) is 2. The monoisotopic (exact) mass is 567 g/mol. The van der Waals surface area contributed by atoms with Crippen molar-refractivity contribution in [1.82, 2.24) is 14.8 Å². The van der Waals surface area contributed by atoms with Crippen LogP contribution in [-0.2, 0) is 9.53 Å². The van der Waals surface area contributed by atoms with Gasteiger partial charge in [0.25, 0.3) is 11.8 Å². The minimum Gasteiger partial charge on any atom is -0.464 e. The van der Waals surface area contributed by atoms with Gasteiger partial charge in [-0.3, -0.25) is 14.6 Å². The van der Waals surface area contributed by atoms with E-state index in [1.807, 2.05) is 36.4 Å². The number of esters is 1. The molecule has 2 aliphatic rings. The molecule has 40 heavy (non-hydrogen) atoms. The Bertz CT molecular complexity index is 1430. The van der Waals surface area contributed by atoms with E-state index in [4.69, 9.17) is 16.3 Å². The molecule has 5 rings (SSSR count). The topological polar surface area (TPSA) is 79.8 Å². The number of carbonyl (C=O) groups is 3. The predicted octanol–water partition coefficient (Wildman–Crippen LogP) is 5.38. The Morgan fingerprint density at radius 2 is 1.75 bits per heavy atom. The van der Waals surface area contributed by atoms with Crippen LogP contribution in [-0.4, -0.2) is 64.9 Å². The number of ether oxygens (including phenoxy) is 1. The van der Waals surface area contributed by atoms with Gasteiger partial charge >= 0.3 is 5.97 Å². The van der Waals surface area contributed by atoms with E-state index in [2.05, 4.69) is 4.98 Å². The lowest BCUT2D eigenvalue weighted by molar-refractivity contribution is -0.147. The minimum absolute atomic E-state index is 0.101. The summed E-state index contributed by atoms with van der Waals surface area (Å²) >= 11 is 5.82. The first kappa shape index (κ1) is 27.7. The molecule has 3 heterocycles. The molecule has 2 saturated heterocycles. The van der Waals surface area contributed by atoms with E-state index >= 15 is 0 Å². The van der Waals surface area contributed by atoms with E-state index in [0.29, 0.717) is 31.5 Å². The van der Waals surface area contributed by atoms with E-state index in [0.717, 1.165) is 23.4 Å². The maximum absolute atomic E-state index is 14.7. The van der Waals surface area contributed by atoms with Crippen molar-refractivity contribution in [1.29, 1.82) is 0 Å². The van der Waals surface area contributed by atoms with Crippen molar-refractivity contribution in [3.8, 4) is 11.3 Å². The van der Waals surface area contributed by atoms with Crippen LogP contribution in [0.3, 0.4) is 0 Å². The number of nitrogens with zero attached hydrogens (tertiary/aromatic N) is 3. The molecule has 1 unspecified atom stereocenters. The number of carbonyl (C=O) groups excluding carboxylic acids is 3. The second-order valence-electron chi connectivity index (χ2n) is 10.2. The summed E-state index contributed by atoms with van der Waals surface area (Å²) in [5.41, 5.74) is 0.886. The quantitative estimate of drug-likeness (QED) is 0.305. The zero-order chi connectivity index (χ0) is 28.4. The highest BCUT2D eigenvalue weighted by Gasteiger charge is 2.51. The van der Waals surface area contributed by atoms with Crippen LogP contribution in [0.2, 0.25) is 5.02 Å². The second kappa shape index (κ2) is 11.3. The molecule has 2 aromatic carbocycles. The second-order valence-corrected chi connectivity index (χ2v) is 10.6. The molecule has 0 aliphatic carbocycles. The molecule has 2 aliphatic heterocycles. The highest BCUT2D eigenvalue weighted by atomic mass is 35.5. The molecule has 3 aromatic rings. The van der Waals surface area contributed by atoms with Gasteiger partial charge in [-0.25, -0.2) is 13.6 Å². The van der Waals surface area contributed by atoms with Crippen molar-refractivity contribution in [2.24, 2.45) is 5.41 Å². The van der Waals surface area contributed by atoms with Crippen LogP contribution in [0.1, 0.15) is 46.9 Å². The van der Waals surface area contributed by atoms with Gasteiger partial charge in [0.05, 0.1) is 22.9 Å². The fourth-order valence-corrected chi connectivity index (χ4v) is 5.77. The molecule has 2 amide bonds. The maximum atomic E-state index is 14.7. The van der Waals surface area contributed by atoms with E-state index in [-0.39, 0.29) is 30.5 Å². The van der Waals surface area contributed by atoms with Gasteiger partial charge in [-0.1, -0.05) is 41.9 Å². The van der Waals surface area contributed by atoms with Gasteiger partial charge in [0, 0.05) is 31.4 Å². The highest BCUT2D eigenvalue weighted by molar-refractivity contribution is 6.31. The van der Waals surface area contributed by atoms with Crippen LogP contribution in [0, 0.1) is 17.0 Å². The minimum atomic E-state index is -1.16. The van der Waals surface area contributed by atoms with Crippen LogP contribution in [0.4, 0.5) is 8.78 Å². The molecule has 10 heteroatoms. The number of hydrogen-bond acceptors (Lipinski definition) is 5. The molecule has 208 valence electrons. The van der Waals surface area contributed by atoms with Gasteiger partial charge in [-0.2, -0.15) is 0 Å². The zero-order valence-electron chi connectivity index (χ0n) is 21.9. The number of benzene rings is 2. The number of piperidine rings is 1. The van der Waals surface area contributed by atoms with Crippen molar-refractivity contribution in [2.45, 2.75) is 32.2 Å². The van der Waals surface area contributed by atoms with Gasteiger partial charge in [0.1, 0.15) is 17.4 Å². The molecule has 0 bridgehead atoms. The summed E-state index contributed by atoms with van der Waals surface area (Å²) in [7, 11) is 0. The number of amides is 2. The molecular weight excluding hydrogens is 540 g/mol. The molecule has 7 nitrogen and oxygen atoms in total. The zero-order valence-corrected chi connectivity index (χ0v) is 22.7. The molecule has 0 N–H and O–H groups in total. The first-order chi connectivity index (χ1) is 19.2. The number of hydrogen-bond donors (Lipinski definition) is 0. The van der Waals surface area contributed by atoms with Crippen molar-refractivity contribution in [2.75, 3.05) is 26.2 Å². The van der Waals surface area contributed by atoms with Gasteiger partial charge in [-0.05, 0) is 55.9 Å². The standard InChI is InChI=1S/C30H28ClF2N3O4/c1-2-40-29(39)24-16-30(18-36(24)28(38)25-22(32)10-9-21(31)26(25)33)12-14-35(15-13-30)27(37)20-8-11-23(34-17-20)19-6-4-3-5-7-19/h3-11,17,24H,2,12-16,18H2,1H3. The van der Waals surface area contributed by atoms with Gasteiger partial charge in [0.2, 0.25) is 0 Å². The van der Waals surface area contributed by atoms with E-state index in [1.54, 1.807) is 24.1 Å². The molecule has 1 atom stereocenters. The summed E-state index contributed by atoms with van der Waals surface area (Å²) < 4.78 is 34.5. The average molecular weight is 568 g/mol. The summed E-state index contributed by atoms with van der Waals surface area (Å²) in [5.74, 6) is -3.95. The molecule has 0 saturated carbocycles. The summed E-state index contributed by atoms with van der Waals surface area (Å²) in [6.07, 6.45) is 2.86. The highest BCUT2D eigenvalue weighted by Crippen LogP contribution is 2.45. The Kier molecular flexibility index (Phi) is 7.85. The Morgan fingerprint density at radius 3 is 2.40 bits per heavy atom. The average Bonchev–Trinajstić information content (AvgIpc) is 3.35. The predicted molar refractivity (Wildman–Crippen MR) is 145 cm³/mol. The van der Waals surface area contributed by atoms with Gasteiger partial charge < -0.3 is 14.5 Å². The summed E-state index contributed by atoms with van der Waals surface area (Å²) in [5, 5.41) is -0.385. The largest absolute Gasteiger partial charge is 0.464 e. The van der Waals surface area contributed by atoms with E-state index in [1.165, 1.54) is 4.90 Å². The molecule has 0 radical (unpaired) electrons. The normalized spacial score (nSPS) is 18.1. The molecule has 1 spiro atoms. The number of halogens is 3. The lowest BCUT2D eigenvalue weighted by Crippen LogP contribution is -2.45. The molecule has 2 fully saturated rings. The summed E-state index contributed by atoms with van der Waals surface area (Å²) in [6.45, 7) is 2.66. The third kappa shape index (κ3) is 5.30. The van der Waals surface area contributed by atoms with Crippen molar-refractivity contribution in [3.63, 3.8) is 0 Å². The Balaban J connectivity index is 1.31. The Morgan fingerprint density at radius 1 is 1.02 bits per heavy atom. The third-order valence-corrected chi connectivity index (χ3v) is 8.07. The van der Waals surface area contributed by atoms with Crippen LogP contribution >= 0.6 is 11.6 Å². The lowest BCUT2D eigenvalue weighted by atomic mass is 9.76. The molecular formula is C30H28ClF2N3O4. The fraction of sp³-hybridized carbons (Fsp3) is 0.333. The van der Waals surface area contributed by atoms with Gasteiger partial charge in [0.15, 0.2) is 5.82 Å². The summed E-state index contributed by atoms with van der Waals surface area (Å²) in [6, 6.07) is 14.2. The number of aromatic nitrogens is 1. The smallest absolute Gasteiger partial charge is 0.328 e. The Labute approximate surface area is 235 Å². The first-order valence-corrected chi connectivity index (χ1v) is 13.5. The van der Waals surface area contributed by atoms with Crippen molar-refractivity contribution in [3.05, 3.63) is 88.6 Å². The van der Waals surface area contributed by atoms with E-state index in [9.17, 15) is 23.2 Å². The lowest BCUT2D eigenvalue weighted by Gasteiger charge is -2.39. The van der Waals surface area contributed by atoms with Crippen molar-refractivity contribution < 1.29 is 27.9 Å². The van der Waals surface area contributed by atoms with Crippen LogP contribution in [0.5, 0.6) is 0 Å². The number of rotatable bonds is 5. The number of pyridine rings is 1. The third-order valence-electron chi connectivity index (χ3n) is 7.78. The van der Waals surface area contributed by atoms with Crippen LogP contribution < -0.4 is 0 Å². The Hall–Kier alpha value is -3.85. The maximum Gasteiger partial charge on any atom is 0.328 e.